The number of hydrogen-bond acceptors (Lipinski definition) is 7. The number of hydrogen-bond donors (Lipinski definition) is 3. The average Bonchev–Trinajstić information content (AvgIpc) is 3.19. The minimum absolute atomic E-state index is 0.279. The second kappa shape index (κ2) is 8.97. The zero-order valence-corrected chi connectivity index (χ0v) is 18.9. The van der Waals surface area contributed by atoms with E-state index in [4.69, 9.17) is 0 Å². The maximum Gasteiger partial charge on any atom is 0.321 e. The van der Waals surface area contributed by atoms with Crippen molar-refractivity contribution >= 4 is 32.7 Å². The van der Waals surface area contributed by atoms with E-state index in [0.717, 1.165) is 33.5 Å². The third-order valence-electron chi connectivity index (χ3n) is 4.76. The summed E-state index contributed by atoms with van der Waals surface area (Å²) in [6.45, 7) is 5.93. The van der Waals surface area contributed by atoms with Crippen molar-refractivity contribution in [2.75, 3.05) is 11.9 Å². The molecule has 3 N–H and O–H groups in total. The number of carbonyl (C=O) groups is 1. The fourth-order valence-electron chi connectivity index (χ4n) is 3.12. The Hall–Kier alpha value is -3.43. The molecule has 0 saturated carbocycles. The van der Waals surface area contributed by atoms with Crippen molar-refractivity contribution < 1.29 is 9.90 Å². The van der Waals surface area contributed by atoms with Gasteiger partial charge in [0.05, 0.1) is 39.7 Å². The number of urea groups is 1. The van der Waals surface area contributed by atoms with Crippen molar-refractivity contribution in [1.82, 2.24) is 25.3 Å². The van der Waals surface area contributed by atoms with Crippen LogP contribution in [0.5, 0.6) is 0 Å². The minimum Gasteiger partial charge on any atom is -0.384 e. The number of nitrogens with one attached hydrogen (secondary N) is 2. The van der Waals surface area contributed by atoms with Crippen LogP contribution in [-0.2, 0) is 5.60 Å². The van der Waals surface area contributed by atoms with E-state index >= 15 is 0 Å². The molecule has 0 bridgehead atoms. The van der Waals surface area contributed by atoms with Crippen LogP contribution in [0.4, 0.5) is 9.93 Å². The number of thiazole rings is 1. The molecule has 0 unspecified atom stereocenters. The molecule has 9 heteroatoms. The largest absolute Gasteiger partial charge is 0.384 e. The summed E-state index contributed by atoms with van der Waals surface area (Å²) in [6, 6.07) is 9.36. The Morgan fingerprint density at radius 2 is 1.97 bits per heavy atom. The molecule has 0 aliphatic heterocycles. The summed E-state index contributed by atoms with van der Waals surface area (Å²) in [5.74, 6) is 0. The van der Waals surface area contributed by atoms with Gasteiger partial charge in [0, 0.05) is 23.9 Å². The Morgan fingerprint density at radius 1 is 1.12 bits per heavy atom. The number of fused-ring (bicyclic) bond motifs is 1. The molecule has 4 aromatic rings. The molecule has 0 aliphatic carbocycles. The van der Waals surface area contributed by atoms with E-state index in [2.05, 4.69) is 30.6 Å². The molecule has 8 nitrogen and oxygen atoms in total. The Balaban J connectivity index is 1.78. The number of carbonyl (C=O) groups excluding carboxylic acids is 1. The number of aromatic nitrogens is 4. The summed E-state index contributed by atoms with van der Waals surface area (Å²) >= 11 is 1.40. The SMILES string of the molecule is CCCNC(=O)Nc1nc2cc(-c3cnc(C(C)(C)O)cn3)cc(-c3ccccn3)c2s1. The summed E-state index contributed by atoms with van der Waals surface area (Å²) in [5.41, 5.74) is 3.32. The maximum absolute atomic E-state index is 12.1. The highest BCUT2D eigenvalue weighted by molar-refractivity contribution is 7.22. The lowest BCUT2D eigenvalue weighted by Gasteiger charge is -2.16. The summed E-state index contributed by atoms with van der Waals surface area (Å²) in [7, 11) is 0. The molecule has 3 heterocycles. The van der Waals surface area contributed by atoms with Gasteiger partial charge in [-0.2, -0.15) is 0 Å². The predicted octanol–water partition coefficient (Wildman–Crippen LogP) is 4.57. The molecule has 3 aromatic heterocycles. The minimum atomic E-state index is -1.07. The molecular weight excluding hydrogens is 424 g/mol. The standard InChI is InChI=1S/C23H24N6O2S/c1-4-8-25-21(30)29-22-28-17-11-14(18-12-27-19(13-26-18)23(2,3)31)10-15(20(17)32-22)16-7-5-6-9-24-16/h5-7,9-13,31H,4,8H2,1-3H3,(H2,25,28,29,30). The van der Waals surface area contributed by atoms with Gasteiger partial charge in [-0.3, -0.25) is 20.3 Å². The number of aliphatic hydroxyl groups is 1. The zero-order valence-electron chi connectivity index (χ0n) is 18.1. The summed E-state index contributed by atoms with van der Waals surface area (Å²) in [5, 5.41) is 16.3. The van der Waals surface area contributed by atoms with Crippen molar-refractivity contribution in [3.63, 3.8) is 0 Å². The molecule has 164 valence electrons. The van der Waals surface area contributed by atoms with Crippen molar-refractivity contribution in [2.45, 2.75) is 32.8 Å². The van der Waals surface area contributed by atoms with E-state index in [1.807, 2.05) is 37.3 Å². The number of nitrogens with zero attached hydrogens (tertiary/aromatic N) is 4. The van der Waals surface area contributed by atoms with Gasteiger partial charge in [0.25, 0.3) is 0 Å². The van der Waals surface area contributed by atoms with Crippen LogP contribution in [0.25, 0.3) is 32.7 Å². The normalized spacial score (nSPS) is 11.5. The average molecular weight is 449 g/mol. The number of rotatable bonds is 6. The van der Waals surface area contributed by atoms with E-state index in [0.29, 0.717) is 23.1 Å². The van der Waals surface area contributed by atoms with Crippen LogP contribution >= 0.6 is 11.3 Å². The molecule has 2 amide bonds. The van der Waals surface area contributed by atoms with Crippen LogP contribution in [0.1, 0.15) is 32.9 Å². The second-order valence-corrected chi connectivity index (χ2v) is 8.83. The number of amides is 2. The van der Waals surface area contributed by atoms with Gasteiger partial charge in [-0.15, -0.1) is 0 Å². The first-order valence-electron chi connectivity index (χ1n) is 10.3. The van der Waals surface area contributed by atoms with E-state index in [1.165, 1.54) is 11.3 Å². The first-order chi connectivity index (χ1) is 15.3. The lowest BCUT2D eigenvalue weighted by molar-refractivity contribution is 0.0734. The van der Waals surface area contributed by atoms with Crippen molar-refractivity contribution in [3.05, 3.63) is 54.6 Å². The third kappa shape index (κ3) is 4.74. The first-order valence-corrected chi connectivity index (χ1v) is 11.1. The molecule has 0 radical (unpaired) electrons. The topological polar surface area (TPSA) is 113 Å². The first kappa shape index (κ1) is 21.8. The molecular formula is C23H24N6O2S. The van der Waals surface area contributed by atoms with Gasteiger partial charge in [-0.05, 0) is 44.5 Å². The van der Waals surface area contributed by atoms with E-state index in [1.54, 1.807) is 32.4 Å². The molecule has 4 rings (SSSR count). The highest BCUT2D eigenvalue weighted by Crippen LogP contribution is 2.37. The van der Waals surface area contributed by atoms with Crippen LogP contribution in [0, 0.1) is 0 Å². The van der Waals surface area contributed by atoms with Crippen molar-refractivity contribution in [2.24, 2.45) is 0 Å². The van der Waals surface area contributed by atoms with Crippen LogP contribution in [0.2, 0.25) is 0 Å². The van der Waals surface area contributed by atoms with Gasteiger partial charge in [0.2, 0.25) is 0 Å². The van der Waals surface area contributed by atoms with Gasteiger partial charge in [-0.1, -0.05) is 24.3 Å². The fraction of sp³-hybridized carbons (Fsp3) is 0.261. The highest BCUT2D eigenvalue weighted by atomic mass is 32.1. The molecule has 32 heavy (non-hydrogen) atoms. The zero-order chi connectivity index (χ0) is 22.7. The van der Waals surface area contributed by atoms with E-state index in [9.17, 15) is 9.90 Å². The van der Waals surface area contributed by atoms with Gasteiger partial charge in [0.1, 0.15) is 5.60 Å². The molecule has 1 aromatic carbocycles. The smallest absolute Gasteiger partial charge is 0.321 e. The Morgan fingerprint density at radius 3 is 2.62 bits per heavy atom. The third-order valence-corrected chi connectivity index (χ3v) is 5.78. The number of benzene rings is 1. The molecule has 0 spiro atoms. The van der Waals surface area contributed by atoms with Gasteiger partial charge in [-0.25, -0.2) is 9.78 Å². The van der Waals surface area contributed by atoms with Gasteiger partial charge >= 0.3 is 6.03 Å². The molecule has 0 aliphatic rings. The summed E-state index contributed by atoms with van der Waals surface area (Å²) in [6.07, 6.45) is 5.81. The Kier molecular flexibility index (Phi) is 6.11. The van der Waals surface area contributed by atoms with Crippen molar-refractivity contribution in [3.8, 4) is 22.5 Å². The van der Waals surface area contributed by atoms with E-state index < -0.39 is 5.60 Å². The van der Waals surface area contributed by atoms with Crippen LogP contribution in [0.15, 0.2) is 48.9 Å². The maximum atomic E-state index is 12.1. The summed E-state index contributed by atoms with van der Waals surface area (Å²) < 4.78 is 0.916. The second-order valence-electron chi connectivity index (χ2n) is 7.83. The molecule has 0 saturated heterocycles. The van der Waals surface area contributed by atoms with E-state index in [-0.39, 0.29) is 6.03 Å². The van der Waals surface area contributed by atoms with Crippen LogP contribution in [-0.4, -0.2) is 37.6 Å². The predicted molar refractivity (Wildman–Crippen MR) is 126 cm³/mol. The highest BCUT2D eigenvalue weighted by Gasteiger charge is 2.19. The lowest BCUT2D eigenvalue weighted by atomic mass is 10.0. The monoisotopic (exact) mass is 448 g/mol. The Labute approximate surface area is 189 Å². The van der Waals surface area contributed by atoms with Gasteiger partial charge in [0.15, 0.2) is 5.13 Å². The number of anilines is 1. The molecule has 0 atom stereocenters. The lowest BCUT2D eigenvalue weighted by Crippen LogP contribution is -2.29. The van der Waals surface area contributed by atoms with Crippen LogP contribution < -0.4 is 10.6 Å². The Bertz CT molecular complexity index is 1230. The van der Waals surface area contributed by atoms with Crippen molar-refractivity contribution in [1.29, 1.82) is 0 Å². The van der Waals surface area contributed by atoms with Crippen LogP contribution in [0.3, 0.4) is 0 Å². The quantitative estimate of drug-likeness (QED) is 0.398. The van der Waals surface area contributed by atoms with Gasteiger partial charge < -0.3 is 10.4 Å². The molecule has 0 fully saturated rings. The number of pyridine rings is 1. The summed E-state index contributed by atoms with van der Waals surface area (Å²) in [4.78, 5) is 30.1. The fourth-order valence-corrected chi connectivity index (χ4v) is 4.08.